The number of hydrogen-bond donors (Lipinski definition) is 0. The molecule has 1 heterocycles. The zero-order chi connectivity index (χ0) is 25.4. The van der Waals surface area contributed by atoms with Gasteiger partial charge in [0.05, 0.1) is 12.0 Å². The predicted molar refractivity (Wildman–Crippen MR) is 153 cm³/mol. The van der Waals surface area contributed by atoms with Crippen LogP contribution < -0.4 is 0 Å². The molecule has 6 rings (SSSR count). The molecule has 0 radical (unpaired) electrons. The van der Waals surface area contributed by atoms with Crippen molar-refractivity contribution in [2.75, 3.05) is 18.1 Å². The minimum Gasteiger partial charge on any atom is -0.463 e. The number of rotatable bonds is 4. The van der Waals surface area contributed by atoms with Gasteiger partial charge in [0.2, 0.25) is 0 Å². The highest BCUT2D eigenvalue weighted by Gasteiger charge is 2.56. The van der Waals surface area contributed by atoms with Crippen molar-refractivity contribution in [3.63, 3.8) is 0 Å². The Labute approximate surface area is 221 Å². The number of benzene rings is 4. The zero-order valence-corrected chi connectivity index (χ0v) is 21.6. The van der Waals surface area contributed by atoms with Crippen LogP contribution in [0.4, 0.5) is 0 Å². The van der Waals surface area contributed by atoms with Crippen LogP contribution in [0.3, 0.4) is 0 Å². The highest BCUT2D eigenvalue weighted by atomic mass is 32.2. The molecule has 37 heavy (non-hydrogen) atoms. The lowest BCUT2D eigenvalue weighted by Gasteiger charge is -2.40. The molecule has 4 aromatic carbocycles. The van der Waals surface area contributed by atoms with E-state index in [0.29, 0.717) is 23.5 Å². The van der Waals surface area contributed by atoms with E-state index in [1.165, 1.54) is 5.39 Å². The van der Waals surface area contributed by atoms with Crippen molar-refractivity contribution in [2.45, 2.75) is 19.3 Å². The summed E-state index contributed by atoms with van der Waals surface area (Å²) in [5, 5.41) is 4.62. The number of thioether (sulfide) groups is 1. The Hall–Kier alpha value is -3.63. The Bertz CT molecular complexity index is 1600. The fraction of sp³-hybridized carbons (Fsp3) is 0.212. The molecule has 0 unspecified atom stereocenters. The van der Waals surface area contributed by atoms with E-state index in [4.69, 9.17) is 4.74 Å². The highest BCUT2D eigenvalue weighted by Crippen LogP contribution is 2.56. The van der Waals surface area contributed by atoms with Crippen molar-refractivity contribution in [1.29, 1.82) is 0 Å². The summed E-state index contributed by atoms with van der Waals surface area (Å²) in [5.74, 6) is 0.773. The van der Waals surface area contributed by atoms with E-state index in [2.05, 4.69) is 60.7 Å². The van der Waals surface area contributed by atoms with Crippen LogP contribution in [-0.4, -0.2) is 29.9 Å². The van der Waals surface area contributed by atoms with Crippen molar-refractivity contribution in [3.8, 4) is 0 Å². The van der Waals surface area contributed by atoms with Crippen molar-refractivity contribution in [1.82, 2.24) is 0 Å². The van der Waals surface area contributed by atoms with Crippen LogP contribution in [-0.2, 0) is 14.3 Å². The molecule has 1 fully saturated rings. The summed E-state index contributed by atoms with van der Waals surface area (Å²) in [7, 11) is 0. The first-order chi connectivity index (χ1) is 18.1. The molecule has 0 saturated carbocycles. The van der Waals surface area contributed by atoms with Crippen molar-refractivity contribution < 1.29 is 14.3 Å². The average Bonchev–Trinajstić information content (AvgIpc) is 3.31. The van der Waals surface area contributed by atoms with E-state index in [1.54, 1.807) is 11.8 Å². The largest absolute Gasteiger partial charge is 0.463 e. The van der Waals surface area contributed by atoms with Crippen molar-refractivity contribution in [3.05, 3.63) is 113 Å². The number of esters is 1. The van der Waals surface area contributed by atoms with Crippen LogP contribution in [0.1, 0.15) is 30.4 Å². The van der Waals surface area contributed by atoms with E-state index in [1.807, 2.05) is 43.3 Å². The Morgan fingerprint density at radius 3 is 2.35 bits per heavy atom. The molecule has 1 aliphatic heterocycles. The minimum atomic E-state index is -0.930. The van der Waals surface area contributed by atoms with Gasteiger partial charge < -0.3 is 4.74 Å². The molecule has 0 aromatic heterocycles. The fourth-order valence-corrected chi connectivity index (χ4v) is 7.28. The maximum atomic E-state index is 14.5. The Kier molecular flexibility index (Phi) is 6.21. The second kappa shape index (κ2) is 9.68. The third-order valence-corrected chi connectivity index (χ3v) is 8.88. The van der Waals surface area contributed by atoms with Crippen molar-refractivity contribution >= 4 is 51.1 Å². The number of carbonyl (C=O) groups is 2. The molecule has 1 spiro atoms. The van der Waals surface area contributed by atoms with Gasteiger partial charge in [-0.2, -0.15) is 11.8 Å². The van der Waals surface area contributed by atoms with Gasteiger partial charge in [0.1, 0.15) is 0 Å². The number of hydrogen-bond acceptors (Lipinski definition) is 4. The topological polar surface area (TPSA) is 43.4 Å². The zero-order valence-electron chi connectivity index (χ0n) is 20.8. The maximum Gasteiger partial charge on any atom is 0.334 e. The number of Topliss-reactive ketones (excluding diaryl/α,β-unsaturated/α-hetero) is 1. The Morgan fingerprint density at radius 1 is 0.946 bits per heavy atom. The average molecular weight is 505 g/mol. The molecule has 1 saturated heterocycles. The molecular weight excluding hydrogens is 476 g/mol. The first-order valence-corrected chi connectivity index (χ1v) is 13.9. The summed E-state index contributed by atoms with van der Waals surface area (Å²) in [6, 6.07) is 29.2. The summed E-state index contributed by atoms with van der Waals surface area (Å²) in [4.78, 5) is 27.6. The summed E-state index contributed by atoms with van der Waals surface area (Å²) < 4.78 is 5.47. The smallest absolute Gasteiger partial charge is 0.334 e. The molecule has 3 nitrogen and oxygen atoms in total. The summed E-state index contributed by atoms with van der Waals surface area (Å²) in [6.07, 6.45) is 4.61. The number of ether oxygens (including phenoxy) is 1. The molecule has 4 heteroatoms. The molecule has 0 bridgehead atoms. The Morgan fingerprint density at radius 2 is 1.62 bits per heavy atom. The standard InChI is InChI=1S/C33H28O3S/c1-2-36-32(35)30-16-15-29(27-14-13-24-8-4-6-10-26(24)19-27)33(30)21-37-20-28(31(33)34)18-22-11-12-23-7-3-5-9-25(23)17-22/h3-14,16-19,29H,2,15,20-21H2,1H3/b28-18+/t29-,33+/m1/s1. The predicted octanol–water partition coefficient (Wildman–Crippen LogP) is 7.36. The summed E-state index contributed by atoms with van der Waals surface area (Å²) in [6.45, 7) is 2.09. The van der Waals surface area contributed by atoms with Crippen LogP contribution in [0, 0.1) is 5.41 Å². The van der Waals surface area contributed by atoms with Gasteiger partial charge in [-0.25, -0.2) is 4.79 Å². The van der Waals surface area contributed by atoms with Crippen molar-refractivity contribution in [2.24, 2.45) is 5.41 Å². The van der Waals surface area contributed by atoms with E-state index in [0.717, 1.165) is 32.9 Å². The summed E-state index contributed by atoms with van der Waals surface area (Å²) in [5.41, 5.74) is 2.45. The van der Waals surface area contributed by atoms with Crippen LogP contribution in [0.2, 0.25) is 0 Å². The van der Waals surface area contributed by atoms with Gasteiger partial charge in [-0.1, -0.05) is 84.9 Å². The quantitative estimate of drug-likeness (QED) is 0.215. The van der Waals surface area contributed by atoms with E-state index >= 15 is 0 Å². The highest BCUT2D eigenvalue weighted by molar-refractivity contribution is 7.99. The van der Waals surface area contributed by atoms with Crippen LogP contribution >= 0.6 is 11.8 Å². The maximum absolute atomic E-state index is 14.5. The molecule has 0 amide bonds. The number of carbonyl (C=O) groups excluding carboxylic acids is 2. The van der Waals surface area contributed by atoms with E-state index in [9.17, 15) is 9.59 Å². The molecule has 184 valence electrons. The normalized spacial score (nSPS) is 22.6. The van der Waals surface area contributed by atoms with Crippen LogP contribution in [0.25, 0.3) is 27.6 Å². The molecule has 1 aliphatic carbocycles. The van der Waals surface area contributed by atoms with Crippen LogP contribution in [0.15, 0.2) is 102 Å². The van der Waals surface area contributed by atoms with Gasteiger partial charge in [0.15, 0.2) is 5.78 Å². The number of fused-ring (bicyclic) bond motifs is 2. The monoisotopic (exact) mass is 504 g/mol. The second-order valence-electron chi connectivity index (χ2n) is 9.80. The third-order valence-electron chi connectivity index (χ3n) is 7.70. The molecule has 2 aliphatic rings. The first kappa shape index (κ1) is 23.7. The van der Waals surface area contributed by atoms with Crippen LogP contribution in [0.5, 0.6) is 0 Å². The van der Waals surface area contributed by atoms with Gasteiger partial charge in [-0.05, 0) is 58.2 Å². The minimum absolute atomic E-state index is 0.0503. The van der Waals surface area contributed by atoms with E-state index < -0.39 is 5.41 Å². The SMILES string of the molecule is CCOC(=O)C1=CC[C@H](c2ccc3ccccc3c2)[C@@]12CSC/C(=C\c1ccc3ccccc3c1)C2=O. The third kappa shape index (κ3) is 4.10. The molecular formula is C33H28O3S. The van der Waals surface area contributed by atoms with Gasteiger partial charge in [0.25, 0.3) is 0 Å². The molecule has 0 N–H and O–H groups in total. The van der Waals surface area contributed by atoms with E-state index in [-0.39, 0.29) is 24.3 Å². The summed E-state index contributed by atoms with van der Waals surface area (Å²) >= 11 is 1.73. The van der Waals surface area contributed by atoms with Gasteiger partial charge >= 0.3 is 5.97 Å². The Balaban J connectivity index is 1.45. The second-order valence-corrected chi connectivity index (χ2v) is 10.8. The molecule has 4 aromatic rings. The number of allylic oxidation sites excluding steroid dienone is 1. The number of ketones is 1. The lowest BCUT2D eigenvalue weighted by molar-refractivity contribution is -0.141. The first-order valence-electron chi connectivity index (χ1n) is 12.8. The molecule has 2 atom stereocenters. The lowest BCUT2D eigenvalue weighted by Crippen LogP contribution is -2.45. The lowest BCUT2D eigenvalue weighted by atomic mass is 9.67. The van der Waals surface area contributed by atoms with Gasteiger partial charge in [-0.3, -0.25) is 4.79 Å². The van der Waals surface area contributed by atoms with Gasteiger partial charge in [-0.15, -0.1) is 0 Å². The fourth-order valence-electron chi connectivity index (χ4n) is 5.93. The van der Waals surface area contributed by atoms with Gasteiger partial charge in [0, 0.05) is 28.6 Å².